The summed E-state index contributed by atoms with van der Waals surface area (Å²) in [5, 5.41) is 5.28. The number of thioether (sulfide) groups is 1. The van der Waals surface area contributed by atoms with E-state index >= 15 is 0 Å². The van der Waals surface area contributed by atoms with Gasteiger partial charge in [0.1, 0.15) is 0 Å². The minimum atomic E-state index is 0.171. The van der Waals surface area contributed by atoms with Gasteiger partial charge in [-0.15, -0.1) is 0 Å². The topological polar surface area (TPSA) is 24.4 Å². The quantitative estimate of drug-likeness (QED) is 0.884. The summed E-state index contributed by atoms with van der Waals surface area (Å²) in [5.74, 6) is 1.14. The molecule has 0 aromatic heterocycles. The Bertz CT molecular complexity index is 412. The predicted octanol–water partition coefficient (Wildman–Crippen LogP) is 3.70. The van der Waals surface area contributed by atoms with Crippen LogP contribution >= 0.6 is 23.4 Å². The molecule has 0 saturated carbocycles. The Kier molecular flexibility index (Phi) is 4.00. The lowest BCUT2D eigenvalue weighted by Gasteiger charge is -2.32. The summed E-state index contributed by atoms with van der Waals surface area (Å²) in [6.07, 6.45) is 1.18. The van der Waals surface area contributed by atoms with Crippen LogP contribution in [-0.2, 0) is 6.54 Å². The largest absolute Gasteiger partial charge is 0.360 e. The van der Waals surface area contributed by atoms with Crippen LogP contribution in [0.2, 0.25) is 5.02 Å². The first kappa shape index (κ1) is 12.8. The van der Waals surface area contributed by atoms with E-state index in [2.05, 4.69) is 24.2 Å². The molecule has 0 unspecified atom stereocenters. The summed E-state index contributed by atoms with van der Waals surface area (Å²) >= 11 is 7.65. The zero-order chi connectivity index (χ0) is 12.3. The average Bonchev–Trinajstić information content (AvgIpc) is 2.27. The normalized spacial score (nSPS) is 21.2. The smallest absolute Gasteiger partial charge is 0.157 e. The predicted molar refractivity (Wildman–Crippen MR) is 76.9 cm³/mol. The van der Waals surface area contributed by atoms with Gasteiger partial charge >= 0.3 is 0 Å². The number of rotatable bonds is 2. The second-order valence-corrected chi connectivity index (χ2v) is 6.38. The van der Waals surface area contributed by atoms with Gasteiger partial charge in [-0.2, -0.15) is 0 Å². The molecule has 0 amide bonds. The van der Waals surface area contributed by atoms with Crippen LogP contribution in [-0.4, -0.2) is 16.5 Å². The van der Waals surface area contributed by atoms with E-state index in [0.717, 1.165) is 15.9 Å². The van der Waals surface area contributed by atoms with E-state index < -0.39 is 0 Å². The van der Waals surface area contributed by atoms with E-state index in [1.54, 1.807) is 11.8 Å². The number of nitrogens with zero attached hydrogens (tertiary/aromatic N) is 1. The third kappa shape index (κ3) is 3.93. The van der Waals surface area contributed by atoms with E-state index in [1.807, 2.05) is 24.3 Å². The highest BCUT2D eigenvalue weighted by atomic mass is 35.5. The van der Waals surface area contributed by atoms with Gasteiger partial charge in [-0.25, -0.2) is 0 Å². The molecule has 0 atom stereocenters. The van der Waals surface area contributed by atoms with Crippen LogP contribution in [0.1, 0.15) is 25.8 Å². The molecule has 1 N–H and O–H groups in total. The number of hydrogen-bond donors (Lipinski definition) is 1. The molecule has 0 aliphatic carbocycles. The fourth-order valence-corrected chi connectivity index (χ4v) is 3.07. The zero-order valence-electron chi connectivity index (χ0n) is 10.2. The molecule has 1 aliphatic rings. The number of benzene rings is 1. The molecule has 2 rings (SSSR count). The summed E-state index contributed by atoms with van der Waals surface area (Å²) < 4.78 is 0. The van der Waals surface area contributed by atoms with Crippen molar-refractivity contribution in [1.29, 1.82) is 0 Å². The van der Waals surface area contributed by atoms with E-state index in [1.165, 1.54) is 12.0 Å². The molecule has 1 aromatic carbocycles. The van der Waals surface area contributed by atoms with Gasteiger partial charge < -0.3 is 5.32 Å². The van der Waals surface area contributed by atoms with Gasteiger partial charge in [-0.1, -0.05) is 35.5 Å². The lowest BCUT2D eigenvalue weighted by molar-refractivity contribution is 0.446. The van der Waals surface area contributed by atoms with Crippen LogP contribution in [0.15, 0.2) is 29.3 Å². The molecule has 0 spiro atoms. The Balaban J connectivity index is 1.98. The van der Waals surface area contributed by atoms with Crippen molar-refractivity contribution in [3.63, 3.8) is 0 Å². The summed E-state index contributed by atoms with van der Waals surface area (Å²) in [6.45, 7) is 5.14. The first-order chi connectivity index (χ1) is 8.05. The molecule has 1 heterocycles. The van der Waals surface area contributed by atoms with Crippen LogP contribution in [0.3, 0.4) is 0 Å². The van der Waals surface area contributed by atoms with Gasteiger partial charge in [0.25, 0.3) is 0 Å². The molecule has 0 radical (unpaired) electrons. The molecule has 1 saturated heterocycles. The Labute approximate surface area is 112 Å². The Morgan fingerprint density at radius 3 is 2.71 bits per heavy atom. The first-order valence-electron chi connectivity index (χ1n) is 5.75. The maximum atomic E-state index is 5.85. The number of halogens is 1. The van der Waals surface area contributed by atoms with Crippen molar-refractivity contribution < 1.29 is 0 Å². The third-order valence-corrected chi connectivity index (χ3v) is 3.89. The van der Waals surface area contributed by atoms with Crippen molar-refractivity contribution in [2.75, 3.05) is 5.75 Å². The van der Waals surface area contributed by atoms with Crippen molar-refractivity contribution >= 4 is 28.5 Å². The van der Waals surface area contributed by atoms with Gasteiger partial charge in [0.05, 0.1) is 6.54 Å². The number of aliphatic imine (C=N–C) groups is 1. The van der Waals surface area contributed by atoms with Crippen LogP contribution in [0.4, 0.5) is 0 Å². The molecule has 92 valence electrons. The summed E-state index contributed by atoms with van der Waals surface area (Å²) in [4.78, 5) is 4.60. The molecule has 1 aliphatic heterocycles. The maximum absolute atomic E-state index is 5.85. The monoisotopic (exact) mass is 268 g/mol. The van der Waals surface area contributed by atoms with Crippen molar-refractivity contribution in [1.82, 2.24) is 5.32 Å². The van der Waals surface area contributed by atoms with Crippen molar-refractivity contribution in [2.45, 2.75) is 32.4 Å². The molecule has 1 aromatic rings. The van der Waals surface area contributed by atoms with E-state index in [9.17, 15) is 0 Å². The van der Waals surface area contributed by atoms with Crippen molar-refractivity contribution in [2.24, 2.45) is 4.99 Å². The van der Waals surface area contributed by atoms with Gasteiger partial charge in [0, 0.05) is 16.3 Å². The van der Waals surface area contributed by atoms with E-state index in [-0.39, 0.29) is 5.54 Å². The molecule has 4 heteroatoms. The van der Waals surface area contributed by atoms with Crippen molar-refractivity contribution in [3.8, 4) is 0 Å². The Hall–Kier alpha value is -0.670. The zero-order valence-corrected chi connectivity index (χ0v) is 11.7. The van der Waals surface area contributed by atoms with E-state index in [4.69, 9.17) is 11.6 Å². The fourth-order valence-electron chi connectivity index (χ4n) is 1.63. The summed E-state index contributed by atoms with van der Waals surface area (Å²) in [7, 11) is 0. The molecule has 0 bridgehead atoms. The highest BCUT2D eigenvalue weighted by molar-refractivity contribution is 8.13. The standard InChI is InChI=1S/C13H17ClN2S/c1-13(2)7-8-17-12(16-13)15-9-10-3-5-11(14)6-4-10/h3-6H,7-9H2,1-2H3,(H,15,16). The van der Waals surface area contributed by atoms with Crippen LogP contribution < -0.4 is 5.32 Å². The van der Waals surface area contributed by atoms with E-state index in [0.29, 0.717) is 6.54 Å². The number of nitrogens with one attached hydrogen (secondary N) is 1. The SMILES string of the molecule is CC1(C)CCSC(=NCc2ccc(Cl)cc2)N1. The second-order valence-electron chi connectivity index (χ2n) is 4.86. The molecular weight excluding hydrogens is 252 g/mol. The van der Waals surface area contributed by atoms with Gasteiger partial charge in [-0.05, 0) is 38.0 Å². The lowest BCUT2D eigenvalue weighted by Crippen LogP contribution is -2.46. The van der Waals surface area contributed by atoms with Crippen LogP contribution in [0.5, 0.6) is 0 Å². The molecular formula is C13H17ClN2S. The minimum Gasteiger partial charge on any atom is -0.360 e. The Morgan fingerprint density at radius 2 is 2.06 bits per heavy atom. The maximum Gasteiger partial charge on any atom is 0.157 e. The van der Waals surface area contributed by atoms with Gasteiger partial charge in [0.2, 0.25) is 0 Å². The number of amidine groups is 1. The third-order valence-electron chi connectivity index (χ3n) is 2.73. The summed E-state index contributed by atoms with van der Waals surface area (Å²) in [5.41, 5.74) is 1.36. The first-order valence-corrected chi connectivity index (χ1v) is 7.11. The second kappa shape index (κ2) is 5.32. The highest BCUT2D eigenvalue weighted by Gasteiger charge is 2.23. The van der Waals surface area contributed by atoms with Crippen LogP contribution in [0, 0.1) is 0 Å². The molecule has 2 nitrogen and oxygen atoms in total. The highest BCUT2D eigenvalue weighted by Crippen LogP contribution is 2.22. The lowest BCUT2D eigenvalue weighted by atomic mass is 10.0. The minimum absolute atomic E-state index is 0.171. The average molecular weight is 269 g/mol. The molecule has 1 fully saturated rings. The number of hydrogen-bond acceptors (Lipinski definition) is 2. The Morgan fingerprint density at radius 1 is 1.35 bits per heavy atom. The summed E-state index contributed by atoms with van der Waals surface area (Å²) in [6, 6.07) is 7.85. The fraction of sp³-hybridized carbons (Fsp3) is 0.462. The molecule has 17 heavy (non-hydrogen) atoms. The van der Waals surface area contributed by atoms with Gasteiger partial charge in [-0.3, -0.25) is 4.99 Å². The van der Waals surface area contributed by atoms with Crippen molar-refractivity contribution in [3.05, 3.63) is 34.9 Å². The van der Waals surface area contributed by atoms with Crippen LogP contribution in [0.25, 0.3) is 0 Å². The van der Waals surface area contributed by atoms with Gasteiger partial charge in [0.15, 0.2) is 5.17 Å².